The highest BCUT2D eigenvalue weighted by Gasteiger charge is 2.41. The van der Waals surface area contributed by atoms with Crippen LogP contribution in [0.25, 0.3) is 0 Å². The van der Waals surface area contributed by atoms with Crippen molar-refractivity contribution in [2.75, 3.05) is 23.5 Å². The highest BCUT2D eigenvalue weighted by atomic mass is 35.5. The first-order valence-electron chi connectivity index (χ1n) is 16.1. The van der Waals surface area contributed by atoms with Gasteiger partial charge in [-0.15, -0.1) is 46.4 Å². The van der Waals surface area contributed by atoms with Gasteiger partial charge in [0.1, 0.15) is 0 Å². The van der Waals surface area contributed by atoms with Gasteiger partial charge in [0.2, 0.25) is 0 Å². The Bertz CT molecular complexity index is 1210. The second-order valence-electron chi connectivity index (χ2n) is 13.6. The van der Waals surface area contributed by atoms with Crippen LogP contribution in [0.15, 0.2) is 48.5 Å². The van der Waals surface area contributed by atoms with Gasteiger partial charge in [-0.25, -0.2) is 0 Å². The molecule has 0 fully saturated rings. The number of alkyl halides is 4. The summed E-state index contributed by atoms with van der Waals surface area (Å²) in [7, 11) is 0. The second kappa shape index (κ2) is 13.6. The molecular weight excluding hydrogens is 630 g/mol. The Morgan fingerprint density at radius 2 is 0.523 bits per heavy atom. The number of hydrogen-bond donors (Lipinski definition) is 4. The maximum absolute atomic E-state index is 6.30. The number of nitrogens with one attached hydrogen (secondary N) is 4. The first-order valence-corrected chi connectivity index (χ1v) is 18.3. The maximum atomic E-state index is 6.30. The van der Waals surface area contributed by atoms with Crippen LogP contribution in [0.4, 0.5) is 0 Å². The molecule has 8 heteroatoms. The number of fused-ring (bicyclic) bond motifs is 8. The summed E-state index contributed by atoms with van der Waals surface area (Å²) in [5.41, 5.74) is 8.45. The normalized spacial score (nSPS) is 26.7. The summed E-state index contributed by atoms with van der Waals surface area (Å²) in [6, 6.07) is 18.2. The fourth-order valence-corrected chi connectivity index (χ4v) is 8.03. The molecule has 5 heterocycles. The van der Waals surface area contributed by atoms with Crippen LogP contribution in [0.1, 0.15) is 125 Å². The third kappa shape index (κ3) is 5.94. The van der Waals surface area contributed by atoms with Crippen molar-refractivity contribution < 1.29 is 0 Å². The molecule has 0 radical (unpaired) electrons. The van der Waals surface area contributed by atoms with Crippen LogP contribution in [-0.4, -0.2) is 43.5 Å². The van der Waals surface area contributed by atoms with Crippen LogP contribution < -0.4 is 0 Å². The molecule has 240 valence electrons. The van der Waals surface area contributed by atoms with E-state index >= 15 is 0 Å². The fraction of sp³-hybridized carbons (Fsp3) is 0.556. The van der Waals surface area contributed by atoms with Crippen LogP contribution in [0.2, 0.25) is 0 Å². The molecule has 4 aromatic heterocycles. The smallest absolute Gasteiger partial charge is 0.0476 e. The largest absolute Gasteiger partial charge is 0.361 e. The lowest BCUT2D eigenvalue weighted by Crippen LogP contribution is -2.30. The molecule has 44 heavy (non-hydrogen) atoms. The van der Waals surface area contributed by atoms with Crippen molar-refractivity contribution in [1.29, 1.82) is 0 Å². The first-order chi connectivity index (χ1) is 21.1. The van der Waals surface area contributed by atoms with Gasteiger partial charge in [0.05, 0.1) is 0 Å². The molecule has 0 saturated carbocycles. The molecule has 8 bridgehead atoms. The molecule has 0 unspecified atom stereocenters. The average Bonchev–Trinajstić information content (AvgIpc) is 3.85. The van der Waals surface area contributed by atoms with Gasteiger partial charge >= 0.3 is 0 Å². The second-order valence-corrected chi connectivity index (χ2v) is 15.2. The number of aromatic nitrogens is 4. The molecular formula is C36H48Cl4N4. The number of H-pyrrole nitrogens is 4. The molecule has 0 saturated heterocycles. The van der Waals surface area contributed by atoms with E-state index in [4.69, 9.17) is 46.4 Å². The Hall–Kier alpha value is -1.72. The van der Waals surface area contributed by atoms with E-state index in [9.17, 15) is 0 Å². The highest BCUT2D eigenvalue weighted by Crippen LogP contribution is 2.45. The summed E-state index contributed by atoms with van der Waals surface area (Å²) in [4.78, 5) is 15.7. The molecule has 0 aromatic carbocycles. The monoisotopic (exact) mass is 676 g/mol. The van der Waals surface area contributed by atoms with E-state index < -0.39 is 0 Å². The van der Waals surface area contributed by atoms with Crippen LogP contribution in [0, 0.1) is 0 Å². The molecule has 0 amide bonds. The number of hydrogen-bond acceptors (Lipinski definition) is 0. The van der Waals surface area contributed by atoms with Crippen molar-refractivity contribution in [1.82, 2.24) is 19.9 Å². The summed E-state index contributed by atoms with van der Waals surface area (Å²) < 4.78 is 0. The molecule has 0 atom stereocenters. The zero-order chi connectivity index (χ0) is 31.6. The van der Waals surface area contributed by atoms with Crippen LogP contribution in [-0.2, 0) is 21.7 Å². The highest BCUT2D eigenvalue weighted by molar-refractivity contribution is 6.18. The third-order valence-corrected chi connectivity index (χ3v) is 11.8. The van der Waals surface area contributed by atoms with E-state index in [0.717, 1.165) is 51.4 Å². The van der Waals surface area contributed by atoms with Gasteiger partial charge in [0.15, 0.2) is 0 Å². The van der Waals surface area contributed by atoms with Gasteiger partial charge in [0.25, 0.3) is 0 Å². The Labute approximate surface area is 283 Å². The van der Waals surface area contributed by atoms with Crippen molar-refractivity contribution in [3.8, 4) is 0 Å². The minimum Gasteiger partial charge on any atom is -0.361 e. The maximum Gasteiger partial charge on any atom is 0.0476 e. The van der Waals surface area contributed by atoms with Crippen molar-refractivity contribution in [2.45, 2.75) is 101 Å². The quantitative estimate of drug-likeness (QED) is 0.108. The lowest BCUT2D eigenvalue weighted by Gasteiger charge is -2.33. The van der Waals surface area contributed by atoms with Gasteiger partial charge in [0, 0.05) is 90.7 Å². The average molecular weight is 679 g/mol. The van der Waals surface area contributed by atoms with Crippen molar-refractivity contribution in [3.63, 3.8) is 0 Å². The Morgan fingerprint density at radius 1 is 0.364 bits per heavy atom. The standard InChI is InChI=1S/C36H48Cl4N4/c1-33(17-5-21-37)25-9-11-27(41-25)34(2,18-6-22-38)29-13-15-31(43-29)36(4,20-8-24-40)32-16-14-30(44-32)35(3,19-7-23-39)28-12-10-26(33)42-28/h9-16,41-44H,5-8,17-24H2,1-4H3. The zero-order valence-corrected chi connectivity index (χ0v) is 29.6. The third-order valence-electron chi connectivity index (χ3n) is 10.7. The van der Waals surface area contributed by atoms with E-state index in [-0.39, 0.29) is 21.7 Å². The first kappa shape index (κ1) is 33.6. The van der Waals surface area contributed by atoms with Gasteiger partial charge in [-0.3, -0.25) is 0 Å². The van der Waals surface area contributed by atoms with Crippen molar-refractivity contribution in [2.24, 2.45) is 0 Å². The van der Waals surface area contributed by atoms with Gasteiger partial charge in [-0.1, -0.05) is 0 Å². The topological polar surface area (TPSA) is 63.2 Å². The predicted octanol–water partition coefficient (Wildman–Crippen LogP) is 10.6. The minimum absolute atomic E-state index is 0.273. The molecule has 1 aliphatic heterocycles. The minimum atomic E-state index is -0.273. The number of halogens is 4. The fourth-order valence-electron chi connectivity index (χ4n) is 7.49. The van der Waals surface area contributed by atoms with Gasteiger partial charge in [-0.05, 0) is 128 Å². The lowest BCUT2D eigenvalue weighted by atomic mass is 9.78. The summed E-state index contributed by atoms with van der Waals surface area (Å²) >= 11 is 25.2. The number of aromatic amines is 4. The van der Waals surface area contributed by atoms with Crippen LogP contribution >= 0.6 is 46.4 Å². The van der Waals surface area contributed by atoms with Crippen molar-refractivity contribution >= 4 is 46.4 Å². The lowest BCUT2D eigenvalue weighted by molar-refractivity contribution is 0.448. The van der Waals surface area contributed by atoms with Gasteiger partial charge in [-0.2, -0.15) is 0 Å². The van der Waals surface area contributed by atoms with E-state index in [1.165, 1.54) is 45.6 Å². The molecule has 4 aromatic rings. The Balaban J connectivity index is 1.78. The molecule has 1 aliphatic rings. The molecule has 4 nitrogen and oxygen atoms in total. The molecule has 5 rings (SSSR count). The van der Waals surface area contributed by atoms with E-state index in [2.05, 4.69) is 96.2 Å². The summed E-state index contributed by atoms with van der Waals surface area (Å²) in [5, 5.41) is 0. The Kier molecular flexibility index (Phi) is 10.4. The number of rotatable bonds is 12. The van der Waals surface area contributed by atoms with E-state index in [1.807, 2.05) is 0 Å². The zero-order valence-electron chi connectivity index (χ0n) is 26.6. The van der Waals surface area contributed by atoms with Crippen LogP contribution in [0.5, 0.6) is 0 Å². The predicted molar refractivity (Wildman–Crippen MR) is 189 cm³/mol. The van der Waals surface area contributed by atoms with E-state index in [0.29, 0.717) is 23.5 Å². The van der Waals surface area contributed by atoms with E-state index in [1.54, 1.807) is 0 Å². The molecule has 0 aliphatic carbocycles. The molecule has 4 N–H and O–H groups in total. The summed E-state index contributed by atoms with van der Waals surface area (Å²) in [6.07, 6.45) is 7.33. The van der Waals surface area contributed by atoms with Gasteiger partial charge < -0.3 is 19.9 Å². The summed E-state index contributed by atoms with van der Waals surface area (Å²) in [6.45, 7) is 9.34. The SMILES string of the molecule is CC1(CCCCl)c2ccc([nH]2)C(C)(CCCCl)c2ccc([nH]2)C(C)(CCCCl)c2ccc([nH]2)C(C)(CCCCl)c2ccc1[nH]2. The van der Waals surface area contributed by atoms with Crippen LogP contribution in [0.3, 0.4) is 0 Å². The molecule has 0 spiro atoms. The summed E-state index contributed by atoms with van der Waals surface area (Å²) in [5.74, 6) is 2.49. The Morgan fingerprint density at radius 3 is 0.659 bits per heavy atom. The van der Waals surface area contributed by atoms with Crippen molar-refractivity contribution in [3.05, 3.63) is 94.1 Å².